The third-order valence-corrected chi connectivity index (χ3v) is 5.04. The Hall–Kier alpha value is -2.68. The Morgan fingerprint density at radius 3 is 2.50 bits per heavy atom. The van der Waals surface area contributed by atoms with Crippen LogP contribution in [0.5, 0.6) is 5.75 Å². The van der Waals surface area contributed by atoms with Gasteiger partial charge in [-0.3, -0.25) is 0 Å². The van der Waals surface area contributed by atoms with Crippen molar-refractivity contribution in [3.05, 3.63) is 59.7 Å². The molecule has 0 aliphatic carbocycles. The van der Waals surface area contributed by atoms with Crippen molar-refractivity contribution in [2.45, 2.75) is 33.4 Å². The molecule has 9 heteroatoms. The summed E-state index contributed by atoms with van der Waals surface area (Å²) in [5, 5.41) is 2.42. The van der Waals surface area contributed by atoms with Gasteiger partial charge in [0.1, 0.15) is 17.4 Å². The summed E-state index contributed by atoms with van der Waals surface area (Å²) in [5.41, 5.74) is 0.496. The molecule has 0 spiro atoms. The van der Waals surface area contributed by atoms with Crippen molar-refractivity contribution in [2.24, 2.45) is 0 Å². The van der Waals surface area contributed by atoms with Crippen LogP contribution in [0.1, 0.15) is 26.3 Å². The Kier molecular flexibility index (Phi) is 6.95. The van der Waals surface area contributed by atoms with Crippen molar-refractivity contribution in [1.29, 1.82) is 0 Å². The molecule has 2 aromatic carbocycles. The number of nitrogens with zero attached hydrogens (tertiary/aromatic N) is 1. The number of halogens is 2. The molecule has 2 amide bonds. The van der Waals surface area contributed by atoms with E-state index in [1.807, 2.05) is 0 Å². The zero-order chi connectivity index (χ0) is 20.9. The van der Waals surface area contributed by atoms with E-state index in [1.54, 1.807) is 26.0 Å². The molecule has 152 valence electrons. The van der Waals surface area contributed by atoms with E-state index in [0.29, 0.717) is 11.6 Å². The number of nitrogens with one attached hydrogen (secondary N) is 1. The van der Waals surface area contributed by atoms with Crippen LogP contribution in [0.15, 0.2) is 42.5 Å². The lowest BCUT2D eigenvalue weighted by Crippen LogP contribution is -2.39. The summed E-state index contributed by atoms with van der Waals surface area (Å²) in [4.78, 5) is 14.0. The summed E-state index contributed by atoms with van der Waals surface area (Å²) in [5.74, 6) is -1.64. The van der Waals surface area contributed by atoms with Gasteiger partial charge >= 0.3 is 16.1 Å². The molecular formula is C19H22F2N2O4S. The normalized spacial score (nSPS) is 11.4. The Morgan fingerprint density at radius 2 is 1.89 bits per heavy atom. The molecule has 0 aliphatic rings. The maximum atomic E-state index is 13.8. The topological polar surface area (TPSA) is 75.7 Å². The summed E-state index contributed by atoms with van der Waals surface area (Å²) >= 11 is 0. The number of carbonyl (C=O) groups excluding carboxylic acids is 1. The number of carbonyl (C=O) groups is 1. The molecule has 0 aliphatic heterocycles. The molecule has 0 radical (unpaired) electrons. The molecule has 0 fully saturated rings. The lowest BCUT2D eigenvalue weighted by Gasteiger charge is -2.27. The van der Waals surface area contributed by atoms with E-state index in [0.717, 1.165) is 12.1 Å². The molecule has 1 N–H and O–H groups in total. The van der Waals surface area contributed by atoms with Gasteiger partial charge in [0.2, 0.25) is 0 Å². The number of hydrogen-bond acceptors (Lipinski definition) is 4. The Bertz CT molecular complexity index is 949. The van der Waals surface area contributed by atoms with E-state index in [9.17, 15) is 22.0 Å². The van der Waals surface area contributed by atoms with E-state index in [1.165, 1.54) is 24.0 Å². The van der Waals surface area contributed by atoms with E-state index < -0.39 is 27.8 Å². The number of hydrogen-bond donors (Lipinski definition) is 1. The molecule has 0 saturated carbocycles. The SMILES string of the molecule is CCS(=O)(=O)Oc1cccc(CN(C(=O)Nc2ccc(F)cc2F)C(C)C)c1. The minimum absolute atomic E-state index is 0.135. The largest absolute Gasteiger partial charge is 0.382 e. The standard InChI is InChI=1S/C19H22F2N2O4S/c1-4-28(25,26)27-16-7-5-6-14(10-16)12-23(13(2)3)19(24)22-18-9-8-15(20)11-17(18)21/h5-11,13H,4,12H2,1-3H3,(H,22,24). The van der Waals surface area contributed by atoms with Crippen LogP contribution in [-0.4, -0.2) is 31.1 Å². The predicted molar refractivity (Wildman–Crippen MR) is 103 cm³/mol. The van der Waals surface area contributed by atoms with Crippen LogP contribution >= 0.6 is 0 Å². The van der Waals surface area contributed by atoms with Crippen LogP contribution in [0.3, 0.4) is 0 Å². The summed E-state index contributed by atoms with van der Waals surface area (Å²) in [7, 11) is -3.66. The first-order valence-electron chi connectivity index (χ1n) is 8.65. The fourth-order valence-electron chi connectivity index (χ4n) is 2.36. The highest BCUT2D eigenvalue weighted by Gasteiger charge is 2.19. The van der Waals surface area contributed by atoms with E-state index >= 15 is 0 Å². The third kappa shape index (κ3) is 5.91. The van der Waals surface area contributed by atoms with Crippen LogP contribution in [-0.2, 0) is 16.7 Å². The lowest BCUT2D eigenvalue weighted by molar-refractivity contribution is 0.193. The minimum Gasteiger partial charge on any atom is -0.382 e. The number of urea groups is 1. The fourth-order valence-corrected chi connectivity index (χ4v) is 2.88. The second-order valence-corrected chi connectivity index (χ2v) is 8.21. The Labute approximate surface area is 163 Å². The molecule has 0 bridgehead atoms. The number of rotatable bonds is 7. The molecule has 2 rings (SSSR count). The molecule has 6 nitrogen and oxygen atoms in total. The maximum Gasteiger partial charge on any atom is 0.322 e. The second-order valence-electron chi connectivity index (χ2n) is 6.35. The molecular weight excluding hydrogens is 390 g/mol. The maximum absolute atomic E-state index is 13.8. The van der Waals surface area contributed by atoms with Gasteiger partial charge in [-0.1, -0.05) is 12.1 Å². The van der Waals surface area contributed by atoms with Gasteiger partial charge in [-0.2, -0.15) is 8.42 Å². The number of anilines is 1. The zero-order valence-electron chi connectivity index (χ0n) is 15.8. The predicted octanol–water partition coefficient (Wildman–Crippen LogP) is 4.14. The first-order chi connectivity index (χ1) is 13.1. The summed E-state index contributed by atoms with van der Waals surface area (Å²) in [6.45, 7) is 5.17. The van der Waals surface area contributed by atoms with Gasteiger partial charge in [-0.05, 0) is 50.6 Å². The highest BCUT2D eigenvalue weighted by molar-refractivity contribution is 7.87. The molecule has 0 saturated heterocycles. The average Bonchev–Trinajstić information content (AvgIpc) is 2.61. The summed E-state index contributed by atoms with van der Waals surface area (Å²) < 4.78 is 55.0. The van der Waals surface area contributed by atoms with E-state index in [4.69, 9.17) is 4.18 Å². The van der Waals surface area contributed by atoms with Crippen molar-refractivity contribution in [3.8, 4) is 5.75 Å². The van der Waals surface area contributed by atoms with Crippen molar-refractivity contribution >= 4 is 21.8 Å². The highest BCUT2D eigenvalue weighted by Crippen LogP contribution is 2.20. The van der Waals surface area contributed by atoms with E-state index in [2.05, 4.69) is 5.32 Å². The molecule has 0 unspecified atom stereocenters. The van der Waals surface area contributed by atoms with Crippen LogP contribution in [0.2, 0.25) is 0 Å². The number of benzene rings is 2. The monoisotopic (exact) mass is 412 g/mol. The van der Waals surface area contributed by atoms with Crippen molar-refractivity contribution in [2.75, 3.05) is 11.1 Å². The third-order valence-electron chi connectivity index (χ3n) is 3.89. The van der Waals surface area contributed by atoms with Gasteiger partial charge in [-0.15, -0.1) is 0 Å². The first-order valence-corrected chi connectivity index (χ1v) is 10.2. The summed E-state index contributed by atoms with van der Waals surface area (Å²) in [6, 6.07) is 8.42. The summed E-state index contributed by atoms with van der Waals surface area (Å²) in [6.07, 6.45) is 0. The number of amides is 2. The van der Waals surface area contributed by atoms with Gasteiger partial charge in [0.05, 0.1) is 11.4 Å². The van der Waals surface area contributed by atoms with Gasteiger partial charge < -0.3 is 14.4 Å². The van der Waals surface area contributed by atoms with Crippen LogP contribution in [0.25, 0.3) is 0 Å². The lowest BCUT2D eigenvalue weighted by atomic mass is 10.2. The molecule has 0 atom stereocenters. The first kappa shape index (κ1) is 21.6. The average molecular weight is 412 g/mol. The molecule has 28 heavy (non-hydrogen) atoms. The second kappa shape index (κ2) is 9.01. The van der Waals surface area contributed by atoms with Crippen LogP contribution < -0.4 is 9.50 Å². The van der Waals surface area contributed by atoms with Crippen molar-refractivity contribution < 1.29 is 26.2 Å². The molecule has 0 heterocycles. The Balaban J connectivity index is 2.17. The van der Waals surface area contributed by atoms with Crippen LogP contribution in [0.4, 0.5) is 19.3 Å². The molecule has 2 aromatic rings. The Morgan fingerprint density at radius 1 is 1.18 bits per heavy atom. The minimum atomic E-state index is -3.66. The van der Waals surface area contributed by atoms with Crippen LogP contribution in [0, 0.1) is 11.6 Å². The van der Waals surface area contributed by atoms with Gasteiger partial charge in [0.25, 0.3) is 0 Å². The fraction of sp³-hybridized carbons (Fsp3) is 0.316. The van der Waals surface area contributed by atoms with Crippen molar-refractivity contribution in [3.63, 3.8) is 0 Å². The smallest absolute Gasteiger partial charge is 0.322 e. The zero-order valence-corrected chi connectivity index (χ0v) is 16.6. The highest BCUT2D eigenvalue weighted by atomic mass is 32.2. The van der Waals surface area contributed by atoms with Crippen molar-refractivity contribution in [1.82, 2.24) is 4.90 Å². The van der Waals surface area contributed by atoms with E-state index in [-0.39, 0.29) is 29.8 Å². The van der Waals surface area contributed by atoms with Gasteiger partial charge in [0.15, 0.2) is 0 Å². The quantitative estimate of drug-likeness (QED) is 0.694. The van der Waals surface area contributed by atoms with Gasteiger partial charge in [0, 0.05) is 18.7 Å². The molecule has 0 aromatic heterocycles. The van der Waals surface area contributed by atoms with Gasteiger partial charge in [-0.25, -0.2) is 13.6 Å².